The van der Waals surface area contributed by atoms with Gasteiger partial charge in [0, 0.05) is 31.5 Å². The van der Waals surface area contributed by atoms with E-state index >= 15 is 0 Å². The molecule has 0 spiro atoms. The van der Waals surface area contributed by atoms with Crippen molar-refractivity contribution in [1.82, 2.24) is 13.9 Å². The molecule has 8 heteroatoms. The number of hydrogen-bond acceptors (Lipinski definition) is 4. The van der Waals surface area contributed by atoms with E-state index in [1.165, 1.54) is 16.8 Å². The lowest BCUT2D eigenvalue weighted by atomic mass is 10.0. The van der Waals surface area contributed by atoms with Crippen LogP contribution in [0.3, 0.4) is 0 Å². The molecule has 1 aliphatic rings. The first-order valence-corrected chi connectivity index (χ1v) is 11.1. The van der Waals surface area contributed by atoms with Gasteiger partial charge in [0.15, 0.2) is 5.03 Å². The summed E-state index contributed by atoms with van der Waals surface area (Å²) in [5.74, 6) is 0.435. The summed E-state index contributed by atoms with van der Waals surface area (Å²) < 4.78 is 28.6. The fraction of sp³-hybridized carbons (Fsp3) is 0.500. The molecule has 3 rings (SSSR count). The van der Waals surface area contributed by atoms with E-state index in [1.54, 1.807) is 9.47 Å². The zero-order valence-electron chi connectivity index (χ0n) is 16.7. The maximum absolute atomic E-state index is 12.8. The number of amides is 1. The van der Waals surface area contributed by atoms with Crippen LogP contribution in [0, 0.1) is 12.8 Å². The highest BCUT2D eigenvalue weighted by Gasteiger charge is 2.30. The van der Waals surface area contributed by atoms with Crippen LogP contribution in [0.4, 0.5) is 5.69 Å². The number of piperidine rings is 1. The number of aromatic nitrogens is 2. The van der Waals surface area contributed by atoms with Crippen LogP contribution in [-0.4, -0.2) is 47.8 Å². The molecule has 2 heterocycles. The smallest absolute Gasteiger partial charge is 0.262 e. The van der Waals surface area contributed by atoms with E-state index in [9.17, 15) is 13.2 Å². The van der Waals surface area contributed by atoms with E-state index in [1.807, 2.05) is 38.1 Å². The number of imidazole rings is 1. The molecule has 0 bridgehead atoms. The van der Waals surface area contributed by atoms with Crippen molar-refractivity contribution in [2.24, 2.45) is 5.92 Å². The first kappa shape index (κ1) is 20.5. The maximum Gasteiger partial charge on any atom is 0.262 e. The summed E-state index contributed by atoms with van der Waals surface area (Å²) in [5, 5.41) is 0.00783. The molecule has 0 radical (unpaired) electrons. The van der Waals surface area contributed by atoms with Crippen molar-refractivity contribution in [3.63, 3.8) is 0 Å². The Morgan fingerprint density at radius 2 is 2.00 bits per heavy atom. The third kappa shape index (κ3) is 4.44. The van der Waals surface area contributed by atoms with E-state index in [0.717, 1.165) is 24.1 Å². The van der Waals surface area contributed by atoms with Crippen LogP contribution in [-0.2, 0) is 21.4 Å². The molecule has 152 valence electrons. The van der Waals surface area contributed by atoms with Crippen molar-refractivity contribution in [3.8, 4) is 0 Å². The molecule has 0 atom stereocenters. The summed E-state index contributed by atoms with van der Waals surface area (Å²) in [6.07, 6.45) is 4.59. The topological polar surface area (TPSA) is 75.5 Å². The molecule has 1 aliphatic heterocycles. The highest BCUT2D eigenvalue weighted by atomic mass is 32.2. The van der Waals surface area contributed by atoms with Gasteiger partial charge >= 0.3 is 0 Å². The summed E-state index contributed by atoms with van der Waals surface area (Å²) >= 11 is 0. The number of likely N-dealkylation sites (N-methyl/N-ethyl adjacent to an activating group) is 1. The number of aryl methyl sites for hydroxylation is 1. The molecule has 0 aliphatic carbocycles. The highest BCUT2D eigenvalue weighted by molar-refractivity contribution is 7.89. The van der Waals surface area contributed by atoms with E-state index in [4.69, 9.17) is 0 Å². The van der Waals surface area contributed by atoms with Gasteiger partial charge in [0.25, 0.3) is 10.0 Å². The van der Waals surface area contributed by atoms with Crippen molar-refractivity contribution in [2.45, 2.75) is 45.2 Å². The fourth-order valence-corrected chi connectivity index (χ4v) is 4.86. The Hall–Kier alpha value is -2.19. The first-order chi connectivity index (χ1) is 13.3. The van der Waals surface area contributed by atoms with Gasteiger partial charge in [-0.1, -0.05) is 19.1 Å². The second-order valence-electron chi connectivity index (χ2n) is 7.45. The maximum atomic E-state index is 12.8. The number of sulfonamides is 1. The van der Waals surface area contributed by atoms with Gasteiger partial charge in [0.1, 0.15) is 6.54 Å². The average Bonchev–Trinajstić information content (AvgIpc) is 3.12. The lowest BCUT2D eigenvalue weighted by molar-refractivity contribution is -0.119. The molecule has 0 N–H and O–H groups in total. The molecule has 1 amide bonds. The Morgan fingerprint density at radius 3 is 2.64 bits per heavy atom. The zero-order valence-corrected chi connectivity index (χ0v) is 17.5. The van der Waals surface area contributed by atoms with Crippen molar-refractivity contribution in [2.75, 3.05) is 24.5 Å². The molecule has 2 aromatic rings. The van der Waals surface area contributed by atoms with Crippen LogP contribution in [0.15, 0.2) is 41.8 Å². The molecule has 28 heavy (non-hydrogen) atoms. The minimum atomic E-state index is -3.61. The third-order valence-electron chi connectivity index (χ3n) is 5.20. The minimum absolute atomic E-state index is 0.00783. The molecule has 1 fully saturated rings. The van der Waals surface area contributed by atoms with Gasteiger partial charge in [-0.15, -0.1) is 0 Å². The van der Waals surface area contributed by atoms with Gasteiger partial charge in [-0.05, 0) is 50.3 Å². The fourth-order valence-electron chi connectivity index (χ4n) is 3.46. The van der Waals surface area contributed by atoms with E-state index < -0.39 is 10.0 Å². The number of anilines is 1. The van der Waals surface area contributed by atoms with Crippen molar-refractivity contribution in [1.29, 1.82) is 0 Å². The lowest BCUT2D eigenvalue weighted by Gasteiger charge is -2.28. The van der Waals surface area contributed by atoms with Gasteiger partial charge in [0.2, 0.25) is 5.91 Å². The van der Waals surface area contributed by atoms with Gasteiger partial charge in [-0.2, -0.15) is 4.31 Å². The van der Waals surface area contributed by atoms with Crippen LogP contribution in [0.5, 0.6) is 0 Å². The first-order valence-electron chi connectivity index (χ1n) is 9.70. The van der Waals surface area contributed by atoms with Crippen LogP contribution >= 0.6 is 0 Å². The molecule has 0 unspecified atom stereocenters. The molecular weight excluding hydrogens is 376 g/mol. The van der Waals surface area contributed by atoms with E-state index in [2.05, 4.69) is 11.9 Å². The van der Waals surface area contributed by atoms with Gasteiger partial charge in [-0.3, -0.25) is 4.79 Å². The van der Waals surface area contributed by atoms with Crippen molar-refractivity contribution >= 4 is 21.6 Å². The van der Waals surface area contributed by atoms with Crippen LogP contribution in [0.1, 0.15) is 32.3 Å². The zero-order chi connectivity index (χ0) is 20.3. The van der Waals surface area contributed by atoms with Crippen LogP contribution in [0.25, 0.3) is 0 Å². The number of carbonyl (C=O) groups excluding carboxylic acids is 1. The Labute approximate surface area is 167 Å². The highest BCUT2D eigenvalue weighted by Crippen LogP contribution is 2.22. The predicted molar refractivity (Wildman–Crippen MR) is 109 cm³/mol. The standard InChI is InChI=1S/C20H28N4O3S/c1-4-24(18-7-5-6-17(3)12-18)20(25)14-22-13-19(21-15-22)28(26,27)23-10-8-16(2)9-11-23/h5-7,12-13,15-16H,4,8-11,14H2,1-3H3. The Morgan fingerprint density at radius 1 is 1.29 bits per heavy atom. The second kappa shape index (κ2) is 8.45. The van der Waals surface area contributed by atoms with E-state index in [-0.39, 0.29) is 17.5 Å². The quantitative estimate of drug-likeness (QED) is 0.742. The molecule has 7 nitrogen and oxygen atoms in total. The summed E-state index contributed by atoms with van der Waals surface area (Å²) in [5.41, 5.74) is 1.92. The summed E-state index contributed by atoms with van der Waals surface area (Å²) in [6.45, 7) is 7.66. The van der Waals surface area contributed by atoms with Crippen LogP contribution < -0.4 is 4.90 Å². The SMILES string of the molecule is CCN(C(=O)Cn1cnc(S(=O)(=O)N2CCC(C)CC2)c1)c1cccc(C)c1. The molecular formula is C20H28N4O3S. The Bertz CT molecular complexity index is 930. The molecule has 1 aromatic carbocycles. The van der Waals surface area contributed by atoms with Crippen LogP contribution in [0.2, 0.25) is 0 Å². The average molecular weight is 405 g/mol. The lowest BCUT2D eigenvalue weighted by Crippen LogP contribution is -2.38. The van der Waals surface area contributed by atoms with E-state index in [0.29, 0.717) is 25.6 Å². The summed E-state index contributed by atoms with van der Waals surface area (Å²) in [6, 6.07) is 7.76. The van der Waals surface area contributed by atoms with Gasteiger partial charge < -0.3 is 9.47 Å². The Kier molecular flexibility index (Phi) is 6.20. The normalized spacial score (nSPS) is 16.2. The number of benzene rings is 1. The monoisotopic (exact) mass is 404 g/mol. The number of nitrogens with zero attached hydrogens (tertiary/aromatic N) is 4. The van der Waals surface area contributed by atoms with Gasteiger partial charge in [0.05, 0.1) is 6.33 Å². The van der Waals surface area contributed by atoms with Crippen molar-refractivity contribution in [3.05, 3.63) is 42.4 Å². The number of hydrogen-bond donors (Lipinski definition) is 0. The molecule has 0 saturated carbocycles. The largest absolute Gasteiger partial charge is 0.327 e. The summed E-state index contributed by atoms with van der Waals surface area (Å²) in [4.78, 5) is 18.5. The third-order valence-corrected chi connectivity index (χ3v) is 6.99. The second-order valence-corrected chi connectivity index (χ2v) is 9.33. The molecule has 1 saturated heterocycles. The minimum Gasteiger partial charge on any atom is -0.327 e. The Balaban J connectivity index is 1.72. The molecule has 1 aromatic heterocycles. The number of carbonyl (C=O) groups is 1. The predicted octanol–water partition coefficient (Wildman–Crippen LogP) is 2.67. The summed E-state index contributed by atoms with van der Waals surface area (Å²) in [7, 11) is -3.61. The van der Waals surface area contributed by atoms with Gasteiger partial charge in [-0.25, -0.2) is 13.4 Å². The number of rotatable bonds is 6. The van der Waals surface area contributed by atoms with Crippen molar-refractivity contribution < 1.29 is 13.2 Å².